The van der Waals surface area contributed by atoms with E-state index in [1.165, 1.54) is 0 Å². The summed E-state index contributed by atoms with van der Waals surface area (Å²) in [4.78, 5) is 28.2. The highest BCUT2D eigenvalue weighted by Crippen LogP contribution is 2.18. The summed E-state index contributed by atoms with van der Waals surface area (Å²) in [5.74, 6) is 1.10. The molecular weight excluding hydrogens is 378 g/mol. The molecule has 11 nitrogen and oxygen atoms in total. The van der Waals surface area contributed by atoms with Crippen molar-refractivity contribution in [2.24, 2.45) is 0 Å². The second kappa shape index (κ2) is 7.86. The van der Waals surface area contributed by atoms with E-state index in [-0.39, 0.29) is 12.5 Å². The van der Waals surface area contributed by atoms with Crippen LogP contribution in [0.5, 0.6) is 0 Å². The smallest absolute Gasteiger partial charge is 0.408 e. The Bertz CT molecular complexity index is 1030. The van der Waals surface area contributed by atoms with Crippen molar-refractivity contribution in [2.45, 2.75) is 52.8 Å². The van der Waals surface area contributed by atoms with Crippen LogP contribution in [0.2, 0.25) is 0 Å². The summed E-state index contributed by atoms with van der Waals surface area (Å²) in [7, 11) is 0. The van der Waals surface area contributed by atoms with Gasteiger partial charge in [-0.25, -0.2) is 4.79 Å². The molecule has 0 bridgehead atoms. The molecular formula is C18H23N7O4. The second-order valence-corrected chi connectivity index (χ2v) is 7.49. The molecule has 3 heterocycles. The molecule has 3 rings (SSSR count). The van der Waals surface area contributed by atoms with Crippen LogP contribution in [0.1, 0.15) is 39.3 Å². The monoisotopic (exact) mass is 401 g/mol. The number of aromatic nitrogens is 5. The van der Waals surface area contributed by atoms with Crippen LogP contribution in [0.4, 0.5) is 4.79 Å². The predicted octanol–water partition coefficient (Wildman–Crippen LogP) is 1.62. The van der Waals surface area contributed by atoms with E-state index in [9.17, 15) is 9.59 Å². The maximum atomic E-state index is 12.3. The molecule has 0 aromatic carbocycles. The molecule has 0 saturated carbocycles. The normalized spacial score (nSPS) is 12.6. The summed E-state index contributed by atoms with van der Waals surface area (Å²) >= 11 is 0. The number of rotatable bonds is 5. The molecule has 0 fully saturated rings. The fourth-order valence-electron chi connectivity index (χ4n) is 2.48. The first-order valence-corrected chi connectivity index (χ1v) is 9.04. The standard InChI is InChI=1S/C18H23N7O4/c1-10(20-17(27)28-18(3,4)5)15(26)19-9-14-23-22-13-8-12(6-7-25(13)14)16-21-11(2)24-29-16/h6-8,10H,9H2,1-5H3,(H,19,26)(H,20,27). The number of alkyl carbamates (subject to hydrolysis) is 1. The predicted molar refractivity (Wildman–Crippen MR) is 102 cm³/mol. The summed E-state index contributed by atoms with van der Waals surface area (Å²) in [6, 6.07) is 2.79. The van der Waals surface area contributed by atoms with Crippen LogP contribution in [-0.2, 0) is 16.1 Å². The minimum Gasteiger partial charge on any atom is -0.444 e. The van der Waals surface area contributed by atoms with Crippen LogP contribution in [0, 0.1) is 6.92 Å². The largest absolute Gasteiger partial charge is 0.444 e. The van der Waals surface area contributed by atoms with Gasteiger partial charge in [0.2, 0.25) is 5.91 Å². The van der Waals surface area contributed by atoms with Gasteiger partial charge >= 0.3 is 6.09 Å². The molecule has 0 aliphatic heterocycles. The highest BCUT2D eigenvalue weighted by Gasteiger charge is 2.21. The van der Waals surface area contributed by atoms with Gasteiger partial charge in [-0.05, 0) is 46.8 Å². The number of nitrogens with zero attached hydrogens (tertiary/aromatic N) is 5. The summed E-state index contributed by atoms with van der Waals surface area (Å²) in [5, 5.41) is 17.2. The lowest BCUT2D eigenvalue weighted by atomic mass is 10.2. The van der Waals surface area contributed by atoms with Crippen molar-refractivity contribution in [1.82, 2.24) is 35.4 Å². The highest BCUT2D eigenvalue weighted by atomic mass is 16.6. The number of hydrogen-bond acceptors (Lipinski definition) is 8. The molecule has 2 amide bonds. The molecule has 0 aliphatic carbocycles. The Morgan fingerprint density at radius 2 is 2.07 bits per heavy atom. The van der Waals surface area contributed by atoms with Gasteiger partial charge in [0.15, 0.2) is 17.3 Å². The minimum atomic E-state index is -0.767. The second-order valence-electron chi connectivity index (χ2n) is 7.49. The summed E-state index contributed by atoms with van der Waals surface area (Å²) in [6.45, 7) is 8.69. The van der Waals surface area contributed by atoms with Crippen molar-refractivity contribution in [2.75, 3.05) is 0 Å². The molecule has 1 unspecified atom stereocenters. The number of ether oxygens (including phenoxy) is 1. The van der Waals surface area contributed by atoms with Crippen molar-refractivity contribution in [1.29, 1.82) is 0 Å². The topological polar surface area (TPSA) is 137 Å². The molecule has 2 N–H and O–H groups in total. The lowest BCUT2D eigenvalue weighted by Gasteiger charge is -2.21. The molecule has 0 spiro atoms. The first kappa shape index (κ1) is 20.2. The number of fused-ring (bicyclic) bond motifs is 1. The molecule has 11 heteroatoms. The molecule has 3 aromatic rings. The number of carbonyl (C=O) groups is 2. The number of amides is 2. The van der Waals surface area contributed by atoms with E-state index in [1.807, 2.05) is 0 Å². The fourth-order valence-corrected chi connectivity index (χ4v) is 2.48. The summed E-state index contributed by atoms with van der Waals surface area (Å²) in [6.07, 6.45) is 1.10. The van der Waals surface area contributed by atoms with E-state index in [0.717, 1.165) is 5.56 Å². The third-order valence-electron chi connectivity index (χ3n) is 3.80. The molecule has 0 aliphatic rings. The van der Waals surface area contributed by atoms with Crippen LogP contribution >= 0.6 is 0 Å². The Hall–Kier alpha value is -3.50. The molecule has 3 aromatic heterocycles. The van der Waals surface area contributed by atoms with Crippen molar-refractivity contribution >= 4 is 17.6 Å². The van der Waals surface area contributed by atoms with E-state index in [1.54, 1.807) is 57.3 Å². The van der Waals surface area contributed by atoms with Crippen molar-refractivity contribution in [3.8, 4) is 11.5 Å². The van der Waals surface area contributed by atoms with E-state index in [4.69, 9.17) is 9.26 Å². The van der Waals surface area contributed by atoms with Gasteiger partial charge in [0.1, 0.15) is 11.6 Å². The van der Waals surface area contributed by atoms with E-state index in [0.29, 0.717) is 23.2 Å². The van der Waals surface area contributed by atoms with Crippen molar-refractivity contribution in [3.63, 3.8) is 0 Å². The Kier molecular flexibility index (Phi) is 5.48. The third-order valence-corrected chi connectivity index (χ3v) is 3.80. The zero-order valence-corrected chi connectivity index (χ0v) is 16.9. The maximum absolute atomic E-state index is 12.3. The Morgan fingerprint density at radius 3 is 2.72 bits per heavy atom. The SMILES string of the molecule is Cc1noc(-c2ccn3c(CNC(=O)C(C)NC(=O)OC(C)(C)C)nnc3c2)n1. The maximum Gasteiger partial charge on any atom is 0.408 e. The lowest BCUT2D eigenvalue weighted by Crippen LogP contribution is -2.46. The Balaban J connectivity index is 1.61. The Morgan fingerprint density at radius 1 is 1.31 bits per heavy atom. The van der Waals surface area contributed by atoms with Gasteiger partial charge in [-0.1, -0.05) is 5.16 Å². The van der Waals surface area contributed by atoms with Gasteiger partial charge in [-0.15, -0.1) is 10.2 Å². The van der Waals surface area contributed by atoms with E-state index in [2.05, 4.69) is 31.0 Å². The average Bonchev–Trinajstić information content (AvgIpc) is 3.23. The number of carbonyl (C=O) groups excluding carboxylic acids is 2. The van der Waals surface area contributed by atoms with Gasteiger partial charge in [-0.2, -0.15) is 4.98 Å². The zero-order chi connectivity index (χ0) is 21.2. The summed E-state index contributed by atoms with van der Waals surface area (Å²) < 4.78 is 12.0. The van der Waals surface area contributed by atoms with Gasteiger partial charge in [-0.3, -0.25) is 9.20 Å². The first-order chi connectivity index (χ1) is 13.6. The number of hydrogen-bond donors (Lipinski definition) is 2. The zero-order valence-electron chi connectivity index (χ0n) is 16.9. The average molecular weight is 401 g/mol. The third kappa shape index (κ3) is 5.06. The lowest BCUT2D eigenvalue weighted by molar-refractivity contribution is -0.123. The van der Waals surface area contributed by atoms with E-state index >= 15 is 0 Å². The number of aryl methyl sites for hydroxylation is 1. The van der Waals surface area contributed by atoms with Crippen molar-refractivity contribution in [3.05, 3.63) is 30.0 Å². The Labute approximate surface area is 166 Å². The van der Waals surface area contributed by atoms with Crippen LogP contribution in [0.25, 0.3) is 17.1 Å². The van der Waals surface area contributed by atoms with Crippen LogP contribution in [0.15, 0.2) is 22.9 Å². The van der Waals surface area contributed by atoms with Crippen LogP contribution < -0.4 is 10.6 Å². The van der Waals surface area contributed by atoms with Crippen LogP contribution in [0.3, 0.4) is 0 Å². The number of pyridine rings is 1. The quantitative estimate of drug-likeness (QED) is 0.658. The van der Waals surface area contributed by atoms with Gasteiger partial charge in [0, 0.05) is 11.8 Å². The van der Waals surface area contributed by atoms with Crippen molar-refractivity contribution < 1.29 is 18.8 Å². The summed E-state index contributed by atoms with van der Waals surface area (Å²) in [5.41, 5.74) is 0.651. The fraction of sp³-hybridized carbons (Fsp3) is 0.444. The van der Waals surface area contributed by atoms with Gasteiger partial charge in [0.25, 0.3) is 5.89 Å². The molecule has 0 radical (unpaired) electrons. The highest BCUT2D eigenvalue weighted by molar-refractivity contribution is 5.85. The van der Waals surface area contributed by atoms with Crippen LogP contribution in [-0.4, -0.2) is 48.4 Å². The molecule has 29 heavy (non-hydrogen) atoms. The molecule has 0 saturated heterocycles. The van der Waals surface area contributed by atoms with E-state index < -0.39 is 17.7 Å². The van der Waals surface area contributed by atoms with Gasteiger partial charge in [0.05, 0.1) is 6.54 Å². The minimum absolute atomic E-state index is 0.138. The molecule has 154 valence electrons. The van der Waals surface area contributed by atoms with Gasteiger partial charge < -0.3 is 19.9 Å². The first-order valence-electron chi connectivity index (χ1n) is 9.04. The molecule has 1 atom stereocenters. The number of nitrogens with one attached hydrogen (secondary N) is 2.